The lowest BCUT2D eigenvalue weighted by molar-refractivity contribution is -0.143. The molecule has 4 nitrogen and oxygen atoms in total. The first-order valence-electron chi connectivity index (χ1n) is 6.51. The van der Waals surface area contributed by atoms with Crippen LogP contribution in [-0.2, 0) is 16.1 Å². The van der Waals surface area contributed by atoms with Gasteiger partial charge in [-0.25, -0.2) is 0 Å². The van der Waals surface area contributed by atoms with Crippen LogP contribution in [0.4, 0.5) is 0 Å². The monoisotopic (exact) mass is 265 g/mol. The number of carbonyl (C=O) groups excluding carboxylic acids is 1. The van der Waals surface area contributed by atoms with Gasteiger partial charge in [0.15, 0.2) is 0 Å². The number of hydrogen-bond donors (Lipinski definition) is 1. The maximum absolute atomic E-state index is 11.7. The molecule has 0 spiro atoms. The molecule has 0 saturated carbocycles. The van der Waals surface area contributed by atoms with E-state index < -0.39 is 0 Å². The molecule has 0 amide bonds. The highest BCUT2D eigenvalue weighted by Crippen LogP contribution is 2.13. The summed E-state index contributed by atoms with van der Waals surface area (Å²) >= 11 is 0. The van der Waals surface area contributed by atoms with Crippen molar-refractivity contribution in [3.05, 3.63) is 29.8 Å². The lowest BCUT2D eigenvalue weighted by atomic mass is 10.0. The zero-order chi connectivity index (χ0) is 14.3. The molecule has 0 radical (unpaired) electrons. The molecule has 19 heavy (non-hydrogen) atoms. The SMILES string of the molecule is COC(=O)[C@H](CC(C)C)NCc1cccc(OC)c1. The zero-order valence-electron chi connectivity index (χ0n) is 12.1. The van der Waals surface area contributed by atoms with Gasteiger partial charge in [0.1, 0.15) is 11.8 Å². The van der Waals surface area contributed by atoms with Gasteiger partial charge in [0, 0.05) is 6.54 Å². The quantitative estimate of drug-likeness (QED) is 0.769. The largest absolute Gasteiger partial charge is 0.497 e. The van der Waals surface area contributed by atoms with Gasteiger partial charge in [-0.3, -0.25) is 4.79 Å². The highest BCUT2D eigenvalue weighted by atomic mass is 16.5. The summed E-state index contributed by atoms with van der Waals surface area (Å²) in [4.78, 5) is 11.7. The Kier molecular flexibility index (Phi) is 6.36. The Morgan fingerprint density at radius 1 is 1.32 bits per heavy atom. The first kappa shape index (κ1) is 15.5. The average molecular weight is 265 g/mol. The second-order valence-corrected chi connectivity index (χ2v) is 4.94. The second-order valence-electron chi connectivity index (χ2n) is 4.94. The van der Waals surface area contributed by atoms with Gasteiger partial charge in [-0.2, -0.15) is 0 Å². The molecule has 1 aromatic rings. The van der Waals surface area contributed by atoms with E-state index in [-0.39, 0.29) is 12.0 Å². The fraction of sp³-hybridized carbons (Fsp3) is 0.533. The Hall–Kier alpha value is -1.55. The van der Waals surface area contributed by atoms with Gasteiger partial charge in [0.2, 0.25) is 0 Å². The smallest absolute Gasteiger partial charge is 0.322 e. The minimum Gasteiger partial charge on any atom is -0.497 e. The van der Waals surface area contributed by atoms with Crippen molar-refractivity contribution < 1.29 is 14.3 Å². The zero-order valence-corrected chi connectivity index (χ0v) is 12.1. The van der Waals surface area contributed by atoms with Crippen LogP contribution < -0.4 is 10.1 Å². The number of benzene rings is 1. The molecule has 0 aliphatic heterocycles. The number of methoxy groups -OCH3 is 2. The molecule has 0 fully saturated rings. The van der Waals surface area contributed by atoms with E-state index in [2.05, 4.69) is 19.2 Å². The van der Waals surface area contributed by atoms with E-state index in [1.54, 1.807) is 7.11 Å². The number of carbonyl (C=O) groups is 1. The van der Waals surface area contributed by atoms with Crippen molar-refractivity contribution in [2.24, 2.45) is 5.92 Å². The summed E-state index contributed by atoms with van der Waals surface area (Å²) in [7, 11) is 3.06. The lowest BCUT2D eigenvalue weighted by Gasteiger charge is -2.18. The molecule has 106 valence electrons. The second kappa shape index (κ2) is 7.79. The van der Waals surface area contributed by atoms with E-state index in [0.717, 1.165) is 17.7 Å². The van der Waals surface area contributed by atoms with Gasteiger partial charge >= 0.3 is 5.97 Å². The van der Waals surface area contributed by atoms with Crippen molar-refractivity contribution in [1.29, 1.82) is 0 Å². The van der Waals surface area contributed by atoms with Crippen LogP contribution in [-0.4, -0.2) is 26.2 Å². The lowest BCUT2D eigenvalue weighted by Crippen LogP contribution is -2.38. The predicted octanol–water partition coefficient (Wildman–Crippen LogP) is 2.37. The molecule has 0 aliphatic carbocycles. The van der Waals surface area contributed by atoms with Crippen molar-refractivity contribution in [2.45, 2.75) is 32.9 Å². The number of hydrogen-bond acceptors (Lipinski definition) is 4. The van der Waals surface area contributed by atoms with Gasteiger partial charge in [-0.1, -0.05) is 26.0 Å². The molecule has 1 N–H and O–H groups in total. The Balaban J connectivity index is 2.61. The molecule has 0 heterocycles. The van der Waals surface area contributed by atoms with Crippen LogP contribution in [0.3, 0.4) is 0 Å². The van der Waals surface area contributed by atoms with Crippen LogP contribution in [0.15, 0.2) is 24.3 Å². The number of esters is 1. The maximum atomic E-state index is 11.7. The third-order valence-electron chi connectivity index (χ3n) is 2.88. The van der Waals surface area contributed by atoms with Crippen LogP contribution in [0.25, 0.3) is 0 Å². The highest BCUT2D eigenvalue weighted by Gasteiger charge is 2.19. The number of rotatable bonds is 7. The topological polar surface area (TPSA) is 47.6 Å². The van der Waals surface area contributed by atoms with Gasteiger partial charge in [0.05, 0.1) is 14.2 Å². The molecule has 1 atom stereocenters. The van der Waals surface area contributed by atoms with Crippen molar-refractivity contribution >= 4 is 5.97 Å². The molecule has 0 unspecified atom stereocenters. The van der Waals surface area contributed by atoms with Gasteiger partial charge < -0.3 is 14.8 Å². The summed E-state index contributed by atoms with van der Waals surface area (Å²) in [6, 6.07) is 7.52. The summed E-state index contributed by atoms with van der Waals surface area (Å²) < 4.78 is 10.00. The molecule has 0 saturated heterocycles. The average Bonchev–Trinajstić information content (AvgIpc) is 2.42. The number of nitrogens with one attached hydrogen (secondary N) is 1. The molecular formula is C15H23NO3. The van der Waals surface area contributed by atoms with Crippen molar-refractivity contribution in [1.82, 2.24) is 5.32 Å². The Morgan fingerprint density at radius 3 is 2.63 bits per heavy atom. The normalized spacial score (nSPS) is 12.3. The molecule has 4 heteroatoms. The van der Waals surface area contributed by atoms with Crippen LogP contribution in [0.2, 0.25) is 0 Å². The van der Waals surface area contributed by atoms with E-state index in [9.17, 15) is 4.79 Å². The summed E-state index contributed by atoms with van der Waals surface area (Å²) in [5.74, 6) is 1.04. The fourth-order valence-corrected chi connectivity index (χ4v) is 1.90. The van der Waals surface area contributed by atoms with Crippen molar-refractivity contribution in [3.8, 4) is 5.75 Å². The van der Waals surface area contributed by atoms with Crippen LogP contribution in [0.1, 0.15) is 25.8 Å². The molecule has 0 aromatic heterocycles. The van der Waals surface area contributed by atoms with E-state index in [1.807, 2.05) is 24.3 Å². The minimum absolute atomic E-state index is 0.211. The standard InChI is InChI=1S/C15H23NO3/c1-11(2)8-14(15(17)19-4)16-10-12-6-5-7-13(9-12)18-3/h5-7,9,11,14,16H,8,10H2,1-4H3/t14-/m0/s1. The molecule has 1 aromatic carbocycles. The van der Waals surface area contributed by atoms with Crippen molar-refractivity contribution in [3.63, 3.8) is 0 Å². The van der Waals surface area contributed by atoms with E-state index in [0.29, 0.717) is 12.5 Å². The van der Waals surface area contributed by atoms with Crippen LogP contribution in [0.5, 0.6) is 5.75 Å². The van der Waals surface area contributed by atoms with E-state index in [1.165, 1.54) is 7.11 Å². The third-order valence-corrected chi connectivity index (χ3v) is 2.88. The summed E-state index contributed by atoms with van der Waals surface area (Å²) in [6.07, 6.45) is 0.761. The molecule has 0 aliphatic rings. The van der Waals surface area contributed by atoms with E-state index >= 15 is 0 Å². The molecular weight excluding hydrogens is 242 g/mol. The van der Waals surface area contributed by atoms with Crippen LogP contribution >= 0.6 is 0 Å². The van der Waals surface area contributed by atoms with Crippen molar-refractivity contribution in [2.75, 3.05) is 14.2 Å². The Labute approximate surface area is 115 Å². The first-order chi connectivity index (χ1) is 9.06. The summed E-state index contributed by atoms with van der Waals surface area (Å²) in [6.45, 7) is 4.79. The fourth-order valence-electron chi connectivity index (χ4n) is 1.90. The van der Waals surface area contributed by atoms with Crippen LogP contribution in [0, 0.1) is 5.92 Å². The summed E-state index contributed by atoms with van der Waals surface area (Å²) in [5.41, 5.74) is 1.08. The third kappa shape index (κ3) is 5.30. The Bertz CT molecular complexity index is 404. The van der Waals surface area contributed by atoms with Gasteiger partial charge in [-0.15, -0.1) is 0 Å². The Morgan fingerprint density at radius 2 is 2.05 bits per heavy atom. The summed E-state index contributed by atoms with van der Waals surface area (Å²) in [5, 5.41) is 3.24. The first-order valence-corrected chi connectivity index (χ1v) is 6.51. The highest BCUT2D eigenvalue weighted by molar-refractivity contribution is 5.75. The molecule has 1 rings (SSSR count). The number of ether oxygens (including phenoxy) is 2. The van der Waals surface area contributed by atoms with E-state index in [4.69, 9.17) is 9.47 Å². The minimum atomic E-state index is -0.267. The predicted molar refractivity (Wildman–Crippen MR) is 75.1 cm³/mol. The maximum Gasteiger partial charge on any atom is 0.322 e. The molecule has 0 bridgehead atoms. The van der Waals surface area contributed by atoms with Gasteiger partial charge in [0.25, 0.3) is 0 Å². The van der Waals surface area contributed by atoms with Gasteiger partial charge in [-0.05, 0) is 30.0 Å².